The lowest BCUT2D eigenvalue weighted by molar-refractivity contribution is -0.388. The van der Waals surface area contributed by atoms with Gasteiger partial charge in [0.25, 0.3) is 5.75 Å². The minimum absolute atomic E-state index is 0.0940. The molecule has 0 heterocycles. The van der Waals surface area contributed by atoms with Crippen molar-refractivity contribution in [3.63, 3.8) is 0 Å². The smallest absolute Gasteiger partial charge is 0.320 e. The molecule has 1 atom stereocenters. The first-order valence-corrected chi connectivity index (χ1v) is 4.87. The highest BCUT2D eigenvalue weighted by Gasteiger charge is 2.20. The molecule has 0 amide bonds. The lowest BCUT2D eigenvalue weighted by atomic mass is 10.1. The Morgan fingerprint density at radius 2 is 2.26 bits per heavy atom. The van der Waals surface area contributed by atoms with Crippen molar-refractivity contribution in [2.24, 2.45) is 11.1 Å². The molecule has 0 fully saturated rings. The number of nitrogens with zero attached hydrogens (tertiary/aromatic N) is 2. The third-order valence-electron chi connectivity index (χ3n) is 2.15. The van der Waals surface area contributed by atoms with Crippen molar-refractivity contribution < 1.29 is 24.7 Å². The molecule has 102 valence electrons. The van der Waals surface area contributed by atoms with E-state index in [1.54, 1.807) is 0 Å². The molecule has 10 heteroatoms. The van der Waals surface area contributed by atoms with Crippen LogP contribution in [0.15, 0.2) is 23.5 Å². The molecule has 0 saturated heterocycles. The van der Waals surface area contributed by atoms with Crippen LogP contribution in [0.1, 0.15) is 5.56 Å². The van der Waals surface area contributed by atoms with Gasteiger partial charge in [0, 0.05) is 6.07 Å². The van der Waals surface area contributed by atoms with Gasteiger partial charge in [0.15, 0.2) is 0 Å². The van der Waals surface area contributed by atoms with Crippen LogP contribution in [0, 0.1) is 15.0 Å². The molecule has 1 aromatic carbocycles. The zero-order valence-corrected chi connectivity index (χ0v) is 9.38. The number of nitro groups is 1. The lowest BCUT2D eigenvalue weighted by Gasteiger charge is -2.07. The third kappa shape index (κ3) is 3.89. The monoisotopic (exact) mass is 271 g/mol. The molecule has 0 spiro atoms. The maximum Gasteiger partial charge on any atom is 0.320 e. The largest absolute Gasteiger partial charge is 0.480 e. The van der Waals surface area contributed by atoms with Crippen molar-refractivity contribution in [3.05, 3.63) is 38.8 Å². The Balaban J connectivity index is 2.98. The van der Waals surface area contributed by atoms with Gasteiger partial charge in [-0.3, -0.25) is 19.8 Å². The molecule has 1 aromatic rings. The Labute approximate surface area is 105 Å². The summed E-state index contributed by atoms with van der Waals surface area (Å²) in [5, 5.41) is 21.3. The van der Waals surface area contributed by atoms with Gasteiger partial charge in [-0.25, -0.2) is 0 Å². The number of carboxylic acid groups (broad SMARTS) is 1. The van der Waals surface area contributed by atoms with Crippen LogP contribution in [-0.4, -0.2) is 22.0 Å². The highest BCUT2D eigenvalue weighted by molar-refractivity contribution is 5.73. The summed E-state index contributed by atoms with van der Waals surface area (Å²) < 4.78 is 0. The summed E-state index contributed by atoms with van der Waals surface area (Å²) in [6, 6.07) is 2.40. The Bertz CT molecular complexity index is 505. The zero-order chi connectivity index (χ0) is 14.4. The number of carboxylic acids is 1. The average molecular weight is 271 g/mol. The second-order valence-electron chi connectivity index (χ2n) is 3.44. The zero-order valence-electron chi connectivity index (χ0n) is 9.38. The van der Waals surface area contributed by atoms with Gasteiger partial charge in [-0.1, -0.05) is 6.07 Å². The predicted octanol–water partition coefficient (Wildman–Crippen LogP) is 0.541. The van der Waals surface area contributed by atoms with Gasteiger partial charge >= 0.3 is 11.7 Å². The average Bonchev–Trinajstić information content (AvgIpc) is 2.36. The van der Waals surface area contributed by atoms with Gasteiger partial charge in [-0.05, 0) is 18.1 Å². The summed E-state index contributed by atoms with van der Waals surface area (Å²) in [7, 11) is 0. The molecule has 0 aromatic heterocycles. The number of nitro benzene ring substituents is 1. The van der Waals surface area contributed by atoms with Gasteiger partial charge in [0.05, 0.1) is 4.92 Å². The number of carbonyl (C=O) groups is 1. The van der Waals surface area contributed by atoms with Crippen molar-refractivity contribution in [1.82, 2.24) is 0 Å². The first-order chi connectivity index (χ1) is 8.95. The fourth-order valence-electron chi connectivity index (χ4n) is 1.30. The maximum absolute atomic E-state index is 10.8. The first-order valence-electron chi connectivity index (χ1n) is 4.87. The second kappa shape index (κ2) is 6.26. The molecule has 0 saturated carbocycles. The first kappa shape index (κ1) is 14.3. The molecule has 19 heavy (non-hydrogen) atoms. The molecule has 10 nitrogen and oxygen atoms in total. The SMILES string of the molecule is N[C@@H](Cc1ccc(OON=O)c([N+](=O)[O-])c1)C(=O)O. The van der Waals surface area contributed by atoms with Gasteiger partial charge in [-0.2, -0.15) is 0 Å². The minimum atomic E-state index is -1.23. The molecule has 0 aliphatic rings. The summed E-state index contributed by atoms with van der Waals surface area (Å²) >= 11 is 0. The Kier molecular flexibility index (Phi) is 4.71. The van der Waals surface area contributed by atoms with E-state index in [0.29, 0.717) is 5.56 Å². The summed E-state index contributed by atoms with van der Waals surface area (Å²) in [5.41, 5.74) is 5.14. The van der Waals surface area contributed by atoms with E-state index in [2.05, 4.69) is 9.88 Å². The van der Waals surface area contributed by atoms with Gasteiger partial charge in [0.1, 0.15) is 6.04 Å². The Hall–Kier alpha value is -2.75. The van der Waals surface area contributed by atoms with E-state index in [1.165, 1.54) is 6.07 Å². The standard InChI is InChI=1S/C9H9N3O7/c10-6(9(13)14)3-5-1-2-8(18-19-11-15)7(4-5)12(16)17/h1-2,4,6H,3,10H2,(H,13,14)/t6-/m0/s1. The molecule has 0 unspecified atom stereocenters. The van der Waals surface area contributed by atoms with Crippen LogP contribution >= 0.6 is 0 Å². The molecule has 0 aliphatic heterocycles. The van der Waals surface area contributed by atoms with E-state index < -0.39 is 22.6 Å². The van der Waals surface area contributed by atoms with E-state index in [9.17, 15) is 19.8 Å². The second-order valence-corrected chi connectivity index (χ2v) is 3.44. The van der Waals surface area contributed by atoms with Crippen molar-refractivity contribution in [2.75, 3.05) is 0 Å². The van der Waals surface area contributed by atoms with Gasteiger partial charge in [-0.15, -0.1) is 9.90 Å². The molecule has 0 radical (unpaired) electrons. The number of rotatable bonds is 7. The highest BCUT2D eigenvalue weighted by atomic mass is 17.3. The van der Waals surface area contributed by atoms with Crippen LogP contribution in [0.2, 0.25) is 0 Å². The third-order valence-corrected chi connectivity index (χ3v) is 2.15. The van der Waals surface area contributed by atoms with Crippen LogP contribution < -0.4 is 10.6 Å². The predicted molar refractivity (Wildman–Crippen MR) is 59.9 cm³/mol. The summed E-state index contributed by atoms with van der Waals surface area (Å²) in [6.07, 6.45) is -0.0940. The summed E-state index contributed by atoms with van der Waals surface area (Å²) in [4.78, 5) is 38.3. The molecule has 1 rings (SSSR count). The number of hydrogen-bond acceptors (Lipinski definition) is 8. The summed E-state index contributed by atoms with van der Waals surface area (Å²) in [5.74, 6) is -1.56. The van der Waals surface area contributed by atoms with Gasteiger partial charge in [0.2, 0.25) is 5.34 Å². The van der Waals surface area contributed by atoms with Gasteiger partial charge < -0.3 is 10.8 Å². The molecular weight excluding hydrogens is 262 g/mol. The molecule has 0 bridgehead atoms. The van der Waals surface area contributed by atoms with E-state index in [-0.39, 0.29) is 12.2 Å². The number of aliphatic carboxylic acids is 1. The van der Waals surface area contributed by atoms with Crippen molar-refractivity contribution >= 4 is 11.7 Å². The minimum Gasteiger partial charge on any atom is -0.480 e. The normalized spacial score (nSPS) is 11.4. The molecule has 3 N–H and O–H groups in total. The number of nitrogens with two attached hydrogens (primary N) is 1. The van der Waals surface area contributed by atoms with Crippen LogP contribution in [0.4, 0.5) is 5.69 Å². The van der Waals surface area contributed by atoms with Crippen molar-refractivity contribution in [2.45, 2.75) is 12.5 Å². The van der Waals surface area contributed by atoms with Crippen LogP contribution in [0.5, 0.6) is 5.75 Å². The quantitative estimate of drug-likeness (QED) is 0.315. The van der Waals surface area contributed by atoms with Crippen LogP contribution in [0.25, 0.3) is 0 Å². The maximum atomic E-state index is 10.8. The molecular formula is C9H9N3O7. The topological polar surface area (TPSA) is 154 Å². The lowest BCUT2D eigenvalue weighted by Crippen LogP contribution is -2.32. The number of benzene rings is 1. The van der Waals surface area contributed by atoms with Crippen LogP contribution in [0.3, 0.4) is 0 Å². The Morgan fingerprint density at radius 3 is 2.79 bits per heavy atom. The summed E-state index contributed by atoms with van der Waals surface area (Å²) in [6.45, 7) is 0. The van der Waals surface area contributed by atoms with E-state index in [0.717, 1.165) is 12.1 Å². The number of hydrogen-bond donors (Lipinski definition) is 2. The fraction of sp³-hybridized carbons (Fsp3) is 0.222. The fourth-order valence-corrected chi connectivity index (χ4v) is 1.30. The van der Waals surface area contributed by atoms with E-state index in [1.807, 2.05) is 5.34 Å². The van der Waals surface area contributed by atoms with E-state index in [4.69, 9.17) is 10.8 Å². The Morgan fingerprint density at radius 1 is 1.58 bits per heavy atom. The molecule has 0 aliphatic carbocycles. The van der Waals surface area contributed by atoms with Crippen molar-refractivity contribution in [3.8, 4) is 5.75 Å². The van der Waals surface area contributed by atoms with Crippen LogP contribution in [-0.2, 0) is 16.2 Å². The van der Waals surface area contributed by atoms with Crippen molar-refractivity contribution in [1.29, 1.82) is 0 Å². The van der Waals surface area contributed by atoms with E-state index >= 15 is 0 Å². The highest BCUT2D eigenvalue weighted by Crippen LogP contribution is 2.28.